The Bertz CT molecular complexity index is 573. The number of halogens is 2. The Hall–Kier alpha value is -2.30. The highest BCUT2D eigenvalue weighted by atomic mass is 19.1. The molecule has 0 aliphatic rings. The molecule has 2 aromatic carbocycles. The van der Waals surface area contributed by atoms with Crippen molar-refractivity contribution in [2.45, 2.75) is 0 Å². The van der Waals surface area contributed by atoms with E-state index in [1.165, 1.54) is 19.2 Å². The normalized spacial score (nSPS) is 10.2. The van der Waals surface area contributed by atoms with E-state index in [1.807, 2.05) is 0 Å². The zero-order valence-electron chi connectivity index (χ0n) is 9.61. The largest absolute Gasteiger partial charge is 0.495 e. The summed E-state index contributed by atoms with van der Waals surface area (Å²) in [7, 11) is 1.49. The highest BCUT2D eigenvalue weighted by Gasteiger charge is 2.07. The molecule has 2 rings (SSSR count). The smallest absolute Gasteiger partial charge is 0.168 e. The minimum Gasteiger partial charge on any atom is -0.495 e. The summed E-state index contributed by atoms with van der Waals surface area (Å²) < 4.78 is 36.3. The maximum absolute atomic E-state index is 13.4. The molecule has 0 saturated carbocycles. The Morgan fingerprint density at radius 3 is 2.33 bits per heavy atom. The van der Waals surface area contributed by atoms with Crippen molar-refractivity contribution in [1.29, 1.82) is 0 Å². The number of hydrogen-bond donors (Lipinski definition) is 1. The Labute approximate surface area is 103 Å². The number of hydrogen-bond acceptors (Lipinski definition) is 3. The molecule has 0 heterocycles. The number of anilines is 1. The zero-order chi connectivity index (χ0) is 13.1. The quantitative estimate of drug-likeness (QED) is 0.851. The van der Waals surface area contributed by atoms with E-state index in [0.717, 1.165) is 12.1 Å². The first-order chi connectivity index (χ1) is 8.60. The lowest BCUT2D eigenvalue weighted by Crippen LogP contribution is -1.94. The second-order valence-electron chi connectivity index (χ2n) is 3.58. The van der Waals surface area contributed by atoms with Crippen molar-refractivity contribution in [2.24, 2.45) is 0 Å². The number of ether oxygens (including phenoxy) is 2. The van der Waals surface area contributed by atoms with Gasteiger partial charge in [0.25, 0.3) is 0 Å². The van der Waals surface area contributed by atoms with Gasteiger partial charge in [-0.05, 0) is 24.3 Å². The van der Waals surface area contributed by atoms with Gasteiger partial charge in [0.15, 0.2) is 11.6 Å². The molecule has 94 valence electrons. The molecule has 0 amide bonds. The highest BCUT2D eigenvalue weighted by Crippen LogP contribution is 2.30. The van der Waals surface area contributed by atoms with E-state index in [-0.39, 0.29) is 5.75 Å². The Kier molecular flexibility index (Phi) is 3.32. The molecule has 2 N–H and O–H groups in total. The van der Waals surface area contributed by atoms with E-state index in [0.29, 0.717) is 17.2 Å². The Balaban J connectivity index is 2.26. The minimum atomic E-state index is -0.774. The van der Waals surface area contributed by atoms with E-state index in [2.05, 4.69) is 0 Å². The summed E-state index contributed by atoms with van der Waals surface area (Å²) >= 11 is 0. The van der Waals surface area contributed by atoms with Crippen molar-refractivity contribution in [1.82, 2.24) is 0 Å². The fraction of sp³-hybridized carbons (Fsp3) is 0.0769. The summed E-state index contributed by atoms with van der Waals surface area (Å²) in [6.45, 7) is 0. The summed E-state index contributed by atoms with van der Waals surface area (Å²) in [4.78, 5) is 0. The van der Waals surface area contributed by atoms with Crippen LogP contribution >= 0.6 is 0 Å². The molecule has 2 aromatic rings. The van der Waals surface area contributed by atoms with Crippen LogP contribution in [0.3, 0.4) is 0 Å². The molecule has 0 spiro atoms. The van der Waals surface area contributed by atoms with Gasteiger partial charge in [-0.1, -0.05) is 0 Å². The third-order valence-electron chi connectivity index (χ3n) is 2.32. The van der Waals surface area contributed by atoms with Gasteiger partial charge in [-0.2, -0.15) is 0 Å². The number of nitrogen functional groups attached to an aromatic ring is 1. The van der Waals surface area contributed by atoms with Crippen LogP contribution in [0.25, 0.3) is 0 Å². The first-order valence-electron chi connectivity index (χ1n) is 5.16. The van der Waals surface area contributed by atoms with Gasteiger partial charge in [-0.15, -0.1) is 0 Å². The van der Waals surface area contributed by atoms with Crippen LogP contribution in [0.5, 0.6) is 17.2 Å². The van der Waals surface area contributed by atoms with Crippen molar-refractivity contribution in [3.8, 4) is 17.2 Å². The number of methoxy groups -OCH3 is 1. The molecule has 5 heteroatoms. The summed E-state index contributed by atoms with van der Waals surface area (Å²) in [6, 6.07) is 7.77. The monoisotopic (exact) mass is 251 g/mol. The van der Waals surface area contributed by atoms with E-state index in [9.17, 15) is 8.78 Å². The maximum atomic E-state index is 13.4. The lowest BCUT2D eigenvalue weighted by molar-refractivity contribution is 0.413. The van der Waals surface area contributed by atoms with Crippen LogP contribution in [0, 0.1) is 11.6 Å². The number of benzene rings is 2. The first kappa shape index (κ1) is 12.2. The van der Waals surface area contributed by atoms with Crippen LogP contribution < -0.4 is 15.2 Å². The van der Waals surface area contributed by atoms with Crippen LogP contribution in [0.1, 0.15) is 0 Å². The third kappa shape index (κ3) is 2.51. The number of rotatable bonds is 3. The molecule has 0 unspecified atom stereocenters. The van der Waals surface area contributed by atoms with Crippen molar-refractivity contribution >= 4 is 5.69 Å². The Morgan fingerprint density at radius 2 is 1.72 bits per heavy atom. The van der Waals surface area contributed by atoms with Crippen LogP contribution in [0.2, 0.25) is 0 Å². The standard InChI is InChI=1S/C13H11F2NO2/c1-17-13-5-3-9(7-11(13)16)18-12-4-2-8(14)6-10(12)15/h2-7H,16H2,1H3. The Morgan fingerprint density at radius 1 is 1.00 bits per heavy atom. The molecule has 0 bridgehead atoms. The van der Waals surface area contributed by atoms with Crippen molar-refractivity contribution in [2.75, 3.05) is 12.8 Å². The number of nitrogens with two attached hydrogens (primary N) is 1. The molecule has 3 nitrogen and oxygen atoms in total. The van der Waals surface area contributed by atoms with E-state index in [4.69, 9.17) is 15.2 Å². The summed E-state index contributed by atoms with van der Waals surface area (Å²) in [5, 5.41) is 0. The summed E-state index contributed by atoms with van der Waals surface area (Å²) in [5.74, 6) is -0.653. The molecule has 18 heavy (non-hydrogen) atoms. The van der Waals surface area contributed by atoms with Gasteiger partial charge in [0.05, 0.1) is 12.8 Å². The fourth-order valence-electron chi connectivity index (χ4n) is 1.46. The van der Waals surface area contributed by atoms with Crippen LogP contribution in [-0.2, 0) is 0 Å². The third-order valence-corrected chi connectivity index (χ3v) is 2.32. The maximum Gasteiger partial charge on any atom is 0.168 e. The predicted octanol–water partition coefficient (Wildman–Crippen LogP) is 3.35. The molecular weight excluding hydrogens is 240 g/mol. The molecule has 0 fully saturated rings. The first-order valence-corrected chi connectivity index (χ1v) is 5.16. The second kappa shape index (κ2) is 4.91. The van der Waals surface area contributed by atoms with Crippen LogP contribution in [0.4, 0.5) is 14.5 Å². The van der Waals surface area contributed by atoms with Crippen molar-refractivity contribution in [3.05, 3.63) is 48.0 Å². The van der Waals surface area contributed by atoms with Gasteiger partial charge in [0, 0.05) is 12.1 Å². The fourth-order valence-corrected chi connectivity index (χ4v) is 1.46. The molecular formula is C13H11F2NO2. The minimum absolute atomic E-state index is 0.0685. The van der Waals surface area contributed by atoms with E-state index < -0.39 is 11.6 Å². The van der Waals surface area contributed by atoms with E-state index in [1.54, 1.807) is 12.1 Å². The lowest BCUT2D eigenvalue weighted by atomic mass is 10.2. The molecule has 0 aromatic heterocycles. The average Bonchev–Trinajstić information content (AvgIpc) is 2.33. The highest BCUT2D eigenvalue weighted by molar-refractivity contribution is 5.56. The van der Waals surface area contributed by atoms with E-state index >= 15 is 0 Å². The van der Waals surface area contributed by atoms with Gasteiger partial charge in [0.2, 0.25) is 0 Å². The van der Waals surface area contributed by atoms with Gasteiger partial charge in [-0.25, -0.2) is 8.78 Å². The van der Waals surface area contributed by atoms with Gasteiger partial charge in [0.1, 0.15) is 17.3 Å². The molecule has 0 aliphatic heterocycles. The summed E-state index contributed by atoms with van der Waals surface area (Å²) in [6.07, 6.45) is 0. The van der Waals surface area contributed by atoms with Crippen molar-refractivity contribution in [3.63, 3.8) is 0 Å². The van der Waals surface area contributed by atoms with Crippen LogP contribution in [0.15, 0.2) is 36.4 Å². The average molecular weight is 251 g/mol. The topological polar surface area (TPSA) is 44.5 Å². The molecule has 0 saturated heterocycles. The molecule has 0 atom stereocenters. The molecule has 0 radical (unpaired) electrons. The zero-order valence-corrected chi connectivity index (χ0v) is 9.61. The SMILES string of the molecule is COc1ccc(Oc2ccc(F)cc2F)cc1N. The molecule has 0 aliphatic carbocycles. The van der Waals surface area contributed by atoms with Gasteiger partial charge < -0.3 is 15.2 Å². The van der Waals surface area contributed by atoms with Gasteiger partial charge in [-0.3, -0.25) is 0 Å². The van der Waals surface area contributed by atoms with Crippen LogP contribution in [-0.4, -0.2) is 7.11 Å². The predicted molar refractivity (Wildman–Crippen MR) is 63.8 cm³/mol. The lowest BCUT2D eigenvalue weighted by Gasteiger charge is -2.09. The van der Waals surface area contributed by atoms with Gasteiger partial charge >= 0.3 is 0 Å². The summed E-state index contributed by atoms with van der Waals surface area (Å²) in [5.41, 5.74) is 6.06. The second-order valence-corrected chi connectivity index (χ2v) is 3.58. The van der Waals surface area contributed by atoms with Crippen molar-refractivity contribution < 1.29 is 18.3 Å².